The zero-order valence-corrected chi connectivity index (χ0v) is 8.45. The van der Waals surface area contributed by atoms with Gasteiger partial charge in [0.2, 0.25) is 5.91 Å². The molecule has 14 heavy (non-hydrogen) atoms. The second-order valence-electron chi connectivity index (χ2n) is 2.80. The van der Waals surface area contributed by atoms with Gasteiger partial charge in [0.05, 0.1) is 18.3 Å². The first-order chi connectivity index (χ1) is 6.61. The van der Waals surface area contributed by atoms with Crippen molar-refractivity contribution in [1.82, 2.24) is 15.3 Å². The van der Waals surface area contributed by atoms with E-state index in [2.05, 4.69) is 15.3 Å². The summed E-state index contributed by atoms with van der Waals surface area (Å²) in [5, 5.41) is 2.88. The van der Waals surface area contributed by atoms with Gasteiger partial charge in [0.15, 0.2) is 5.15 Å². The van der Waals surface area contributed by atoms with Crippen molar-refractivity contribution in [3.05, 3.63) is 23.2 Å². The van der Waals surface area contributed by atoms with Gasteiger partial charge in [-0.1, -0.05) is 11.6 Å². The molecule has 0 aromatic carbocycles. The van der Waals surface area contributed by atoms with E-state index in [4.69, 9.17) is 17.3 Å². The number of nitrogens with two attached hydrogens (primary N) is 1. The maximum atomic E-state index is 11.1. The summed E-state index contributed by atoms with van der Waals surface area (Å²) < 4.78 is 0. The van der Waals surface area contributed by atoms with Gasteiger partial charge in [-0.05, 0) is 6.92 Å². The minimum absolute atomic E-state index is 0.243. The number of nitrogens with zero attached hydrogens (tertiary/aromatic N) is 2. The molecule has 0 bridgehead atoms. The third-order valence-electron chi connectivity index (χ3n) is 1.57. The van der Waals surface area contributed by atoms with Crippen molar-refractivity contribution in [2.45, 2.75) is 19.5 Å². The van der Waals surface area contributed by atoms with E-state index in [0.29, 0.717) is 5.69 Å². The molecular weight excluding hydrogens is 204 g/mol. The Bertz CT molecular complexity index is 329. The molecule has 0 aliphatic rings. The van der Waals surface area contributed by atoms with E-state index in [9.17, 15) is 4.79 Å². The summed E-state index contributed by atoms with van der Waals surface area (Å²) in [4.78, 5) is 18.9. The molecular formula is C8H11ClN4O. The molecule has 6 heteroatoms. The van der Waals surface area contributed by atoms with E-state index in [1.54, 1.807) is 6.92 Å². The highest BCUT2D eigenvalue weighted by molar-refractivity contribution is 6.29. The topological polar surface area (TPSA) is 80.9 Å². The van der Waals surface area contributed by atoms with Crippen LogP contribution in [0.4, 0.5) is 0 Å². The number of carbonyl (C=O) groups excluding carboxylic acids is 1. The van der Waals surface area contributed by atoms with Crippen LogP contribution in [0.15, 0.2) is 12.4 Å². The maximum absolute atomic E-state index is 11.1. The molecule has 1 unspecified atom stereocenters. The van der Waals surface area contributed by atoms with Gasteiger partial charge in [-0.15, -0.1) is 0 Å². The lowest BCUT2D eigenvalue weighted by atomic mass is 10.3. The maximum Gasteiger partial charge on any atom is 0.236 e. The van der Waals surface area contributed by atoms with E-state index < -0.39 is 6.04 Å². The van der Waals surface area contributed by atoms with Gasteiger partial charge in [0.25, 0.3) is 0 Å². The minimum Gasteiger partial charge on any atom is -0.349 e. The quantitative estimate of drug-likeness (QED) is 0.748. The third kappa shape index (κ3) is 2.93. The highest BCUT2D eigenvalue weighted by atomic mass is 35.5. The van der Waals surface area contributed by atoms with Gasteiger partial charge in [-0.3, -0.25) is 9.78 Å². The second-order valence-corrected chi connectivity index (χ2v) is 3.16. The molecule has 0 saturated heterocycles. The molecule has 0 fully saturated rings. The fourth-order valence-corrected chi connectivity index (χ4v) is 0.972. The molecule has 0 saturated carbocycles. The van der Waals surface area contributed by atoms with E-state index in [1.807, 2.05) is 0 Å². The van der Waals surface area contributed by atoms with E-state index >= 15 is 0 Å². The van der Waals surface area contributed by atoms with Crippen molar-refractivity contribution < 1.29 is 4.79 Å². The van der Waals surface area contributed by atoms with Gasteiger partial charge in [-0.25, -0.2) is 4.98 Å². The summed E-state index contributed by atoms with van der Waals surface area (Å²) in [6.07, 6.45) is 3.00. The summed E-state index contributed by atoms with van der Waals surface area (Å²) in [6.45, 7) is 1.85. The Morgan fingerprint density at radius 3 is 2.86 bits per heavy atom. The Hall–Kier alpha value is -1.20. The van der Waals surface area contributed by atoms with Crippen molar-refractivity contribution in [2.75, 3.05) is 0 Å². The van der Waals surface area contributed by atoms with Gasteiger partial charge >= 0.3 is 0 Å². The summed E-state index contributed by atoms with van der Waals surface area (Å²) >= 11 is 5.73. The van der Waals surface area contributed by atoms with E-state index in [0.717, 1.165) is 0 Å². The molecule has 1 atom stereocenters. The van der Waals surface area contributed by atoms with Crippen molar-refractivity contribution >= 4 is 17.5 Å². The lowest BCUT2D eigenvalue weighted by molar-refractivity contribution is -0.122. The van der Waals surface area contributed by atoms with Gasteiger partial charge in [0.1, 0.15) is 0 Å². The smallest absolute Gasteiger partial charge is 0.236 e. The Labute approximate surface area is 86.7 Å². The zero-order chi connectivity index (χ0) is 10.6. The van der Waals surface area contributed by atoms with Crippen LogP contribution >= 0.6 is 11.6 Å². The van der Waals surface area contributed by atoms with Crippen molar-refractivity contribution in [2.24, 2.45) is 5.73 Å². The van der Waals surface area contributed by atoms with Crippen LogP contribution in [-0.4, -0.2) is 21.9 Å². The first-order valence-electron chi connectivity index (χ1n) is 4.10. The summed E-state index contributed by atoms with van der Waals surface area (Å²) in [6, 6.07) is -0.537. The van der Waals surface area contributed by atoms with Crippen molar-refractivity contribution in [1.29, 1.82) is 0 Å². The fraction of sp³-hybridized carbons (Fsp3) is 0.375. The predicted molar refractivity (Wildman–Crippen MR) is 52.5 cm³/mol. The molecule has 0 spiro atoms. The first kappa shape index (κ1) is 10.9. The second kappa shape index (κ2) is 4.88. The average molecular weight is 215 g/mol. The van der Waals surface area contributed by atoms with Gasteiger partial charge < -0.3 is 11.1 Å². The molecule has 1 amide bonds. The van der Waals surface area contributed by atoms with Crippen molar-refractivity contribution in [3.63, 3.8) is 0 Å². The number of nitrogens with one attached hydrogen (secondary N) is 1. The van der Waals surface area contributed by atoms with Crippen LogP contribution in [0.25, 0.3) is 0 Å². The van der Waals surface area contributed by atoms with Crippen LogP contribution in [0.5, 0.6) is 0 Å². The number of aromatic nitrogens is 2. The molecule has 76 valence electrons. The number of amides is 1. The predicted octanol–water partition coefficient (Wildman–Crippen LogP) is 0.0934. The van der Waals surface area contributed by atoms with Crippen LogP contribution in [0, 0.1) is 0 Å². The van der Waals surface area contributed by atoms with Crippen LogP contribution in [-0.2, 0) is 11.3 Å². The summed E-state index contributed by atoms with van der Waals surface area (Å²) in [5.41, 5.74) is 5.89. The standard InChI is InChI=1S/C8H11ClN4O/c1-5(10)8(14)13-4-6-7(9)12-3-2-11-6/h2-3,5H,4,10H2,1H3,(H,13,14). The number of hydrogen-bond donors (Lipinski definition) is 2. The van der Waals surface area contributed by atoms with Crippen LogP contribution < -0.4 is 11.1 Å². The molecule has 1 aromatic rings. The first-order valence-corrected chi connectivity index (χ1v) is 4.47. The van der Waals surface area contributed by atoms with Crippen molar-refractivity contribution in [3.8, 4) is 0 Å². The monoisotopic (exact) mass is 214 g/mol. The number of carbonyl (C=O) groups is 1. The molecule has 1 heterocycles. The minimum atomic E-state index is -0.537. The lowest BCUT2D eigenvalue weighted by Gasteiger charge is -2.07. The Balaban J connectivity index is 2.54. The zero-order valence-electron chi connectivity index (χ0n) is 7.70. The molecule has 3 N–H and O–H groups in total. The number of rotatable bonds is 3. The molecule has 5 nitrogen and oxygen atoms in total. The number of hydrogen-bond acceptors (Lipinski definition) is 4. The Morgan fingerprint density at radius 1 is 1.64 bits per heavy atom. The van der Waals surface area contributed by atoms with Gasteiger partial charge in [0, 0.05) is 12.4 Å². The largest absolute Gasteiger partial charge is 0.349 e. The Morgan fingerprint density at radius 2 is 2.29 bits per heavy atom. The highest BCUT2D eigenvalue weighted by Gasteiger charge is 2.08. The fourth-order valence-electron chi connectivity index (χ4n) is 0.800. The Kier molecular flexibility index (Phi) is 3.79. The molecule has 1 aromatic heterocycles. The molecule has 0 aliphatic heterocycles. The molecule has 0 radical (unpaired) electrons. The average Bonchev–Trinajstić information content (AvgIpc) is 2.16. The molecule has 1 rings (SSSR count). The normalized spacial score (nSPS) is 12.2. The SMILES string of the molecule is CC(N)C(=O)NCc1nccnc1Cl. The van der Waals surface area contributed by atoms with E-state index in [1.165, 1.54) is 12.4 Å². The summed E-state index contributed by atoms with van der Waals surface area (Å²) in [7, 11) is 0. The van der Waals surface area contributed by atoms with Crippen LogP contribution in [0.1, 0.15) is 12.6 Å². The van der Waals surface area contributed by atoms with Crippen LogP contribution in [0.3, 0.4) is 0 Å². The highest BCUT2D eigenvalue weighted by Crippen LogP contribution is 2.07. The van der Waals surface area contributed by atoms with Crippen LogP contribution in [0.2, 0.25) is 5.15 Å². The third-order valence-corrected chi connectivity index (χ3v) is 1.88. The molecule has 0 aliphatic carbocycles. The lowest BCUT2D eigenvalue weighted by Crippen LogP contribution is -2.38. The number of halogens is 1. The van der Waals surface area contributed by atoms with Gasteiger partial charge in [-0.2, -0.15) is 0 Å². The summed E-state index contributed by atoms with van der Waals surface area (Å²) in [5.74, 6) is -0.244. The van der Waals surface area contributed by atoms with E-state index in [-0.39, 0.29) is 17.6 Å².